The Morgan fingerprint density at radius 3 is 2.50 bits per heavy atom. The van der Waals surface area contributed by atoms with Gasteiger partial charge in [-0.3, -0.25) is 0 Å². The summed E-state index contributed by atoms with van der Waals surface area (Å²) in [7, 11) is 0. The molecule has 0 bridgehead atoms. The van der Waals surface area contributed by atoms with Crippen LogP contribution in [0.1, 0.15) is 10.5 Å². The van der Waals surface area contributed by atoms with Crippen molar-refractivity contribution < 1.29 is 27.8 Å². The number of rotatable bonds is 3. The first-order valence-electron chi connectivity index (χ1n) is 6.38. The molecule has 0 aliphatic carbocycles. The number of carboxylic acid groups (broad SMARTS) is 1. The molecule has 0 aliphatic heterocycles. The summed E-state index contributed by atoms with van der Waals surface area (Å²) in [5.74, 6) is -1.59. The van der Waals surface area contributed by atoms with Gasteiger partial charge in [-0.1, -0.05) is 11.6 Å². The molecular formula is C14H7ClF3N3O3. The zero-order valence-electron chi connectivity index (χ0n) is 11.6. The van der Waals surface area contributed by atoms with Gasteiger partial charge >= 0.3 is 12.3 Å². The van der Waals surface area contributed by atoms with Crippen LogP contribution in [0.15, 0.2) is 36.5 Å². The number of halogens is 4. The highest BCUT2D eigenvalue weighted by Crippen LogP contribution is 2.27. The van der Waals surface area contributed by atoms with E-state index >= 15 is 0 Å². The second-order valence-corrected chi connectivity index (χ2v) is 5.01. The van der Waals surface area contributed by atoms with E-state index in [9.17, 15) is 18.0 Å². The Labute approximate surface area is 137 Å². The molecule has 3 aromatic rings. The molecule has 3 rings (SSSR count). The molecule has 0 saturated heterocycles. The van der Waals surface area contributed by atoms with Gasteiger partial charge in [0, 0.05) is 11.6 Å². The predicted octanol–water partition coefficient (Wildman–Crippen LogP) is 3.65. The van der Waals surface area contributed by atoms with E-state index < -0.39 is 12.3 Å². The number of carboxylic acids is 1. The van der Waals surface area contributed by atoms with E-state index in [1.54, 1.807) is 0 Å². The van der Waals surface area contributed by atoms with Crippen molar-refractivity contribution in [3.05, 3.63) is 47.4 Å². The highest BCUT2D eigenvalue weighted by Gasteiger charge is 2.31. The summed E-state index contributed by atoms with van der Waals surface area (Å²) in [5, 5.41) is 12.8. The Balaban J connectivity index is 1.98. The quantitative estimate of drug-likeness (QED) is 0.774. The van der Waals surface area contributed by atoms with E-state index in [4.69, 9.17) is 16.7 Å². The van der Waals surface area contributed by atoms with Crippen LogP contribution in [0, 0.1) is 0 Å². The van der Waals surface area contributed by atoms with E-state index in [1.165, 1.54) is 28.9 Å². The summed E-state index contributed by atoms with van der Waals surface area (Å²) >= 11 is 6.01. The third-order valence-electron chi connectivity index (χ3n) is 3.01. The van der Waals surface area contributed by atoms with E-state index in [0.29, 0.717) is 16.8 Å². The van der Waals surface area contributed by atoms with Gasteiger partial charge in [-0.05, 0) is 24.3 Å². The van der Waals surface area contributed by atoms with Gasteiger partial charge in [0.15, 0.2) is 10.8 Å². The molecule has 0 aliphatic rings. The monoisotopic (exact) mass is 357 g/mol. The molecular weight excluding hydrogens is 351 g/mol. The predicted molar refractivity (Wildman–Crippen MR) is 77.1 cm³/mol. The van der Waals surface area contributed by atoms with Gasteiger partial charge in [0.2, 0.25) is 0 Å². The van der Waals surface area contributed by atoms with Crippen LogP contribution >= 0.6 is 11.6 Å². The Bertz CT molecular complexity index is 923. The van der Waals surface area contributed by atoms with Gasteiger partial charge in [-0.25, -0.2) is 14.3 Å². The van der Waals surface area contributed by atoms with Crippen LogP contribution in [0.5, 0.6) is 5.75 Å². The molecule has 0 fully saturated rings. The van der Waals surface area contributed by atoms with Crippen molar-refractivity contribution in [3.8, 4) is 17.0 Å². The fraction of sp³-hybridized carbons (Fsp3) is 0.0714. The molecule has 0 amide bonds. The number of hydrogen-bond donors (Lipinski definition) is 1. The third kappa shape index (κ3) is 3.25. The minimum absolute atomic E-state index is 0.0168. The van der Waals surface area contributed by atoms with E-state index in [1.807, 2.05) is 0 Å². The van der Waals surface area contributed by atoms with Crippen LogP contribution in [-0.2, 0) is 0 Å². The minimum atomic E-state index is -4.77. The molecule has 2 heterocycles. The summed E-state index contributed by atoms with van der Waals surface area (Å²) in [4.78, 5) is 15.0. The maximum Gasteiger partial charge on any atom is 0.573 e. The van der Waals surface area contributed by atoms with Crippen LogP contribution in [0.3, 0.4) is 0 Å². The molecule has 0 radical (unpaired) electrons. The van der Waals surface area contributed by atoms with E-state index in [0.717, 1.165) is 12.1 Å². The van der Waals surface area contributed by atoms with Gasteiger partial charge < -0.3 is 9.84 Å². The molecule has 1 N–H and O–H groups in total. The molecule has 2 aromatic heterocycles. The maximum atomic E-state index is 12.1. The van der Waals surface area contributed by atoms with Crippen molar-refractivity contribution in [2.45, 2.75) is 6.36 Å². The lowest BCUT2D eigenvalue weighted by Gasteiger charge is -2.09. The second kappa shape index (κ2) is 5.68. The smallest absolute Gasteiger partial charge is 0.476 e. The summed E-state index contributed by atoms with van der Waals surface area (Å²) < 4.78 is 41.5. The van der Waals surface area contributed by atoms with E-state index in [-0.39, 0.29) is 16.6 Å². The lowest BCUT2D eigenvalue weighted by atomic mass is 10.1. The van der Waals surface area contributed by atoms with Gasteiger partial charge in [0.1, 0.15) is 11.3 Å². The molecule has 6 nitrogen and oxygen atoms in total. The number of carbonyl (C=O) groups is 1. The Morgan fingerprint density at radius 1 is 1.25 bits per heavy atom. The SMILES string of the molecule is O=C(O)c1cc2c(Cl)nc(-c3ccc(OC(F)(F)F)cc3)cn2n1. The molecule has 0 atom stereocenters. The summed E-state index contributed by atoms with van der Waals surface area (Å²) in [5.41, 5.74) is 0.867. The van der Waals surface area contributed by atoms with Crippen molar-refractivity contribution in [2.75, 3.05) is 0 Å². The highest BCUT2D eigenvalue weighted by atomic mass is 35.5. The number of nitrogens with zero attached hydrogens (tertiary/aromatic N) is 3. The summed E-state index contributed by atoms with van der Waals surface area (Å²) in [6.45, 7) is 0. The van der Waals surface area contributed by atoms with Crippen LogP contribution < -0.4 is 4.74 Å². The van der Waals surface area contributed by atoms with Crippen molar-refractivity contribution >= 4 is 23.1 Å². The van der Waals surface area contributed by atoms with E-state index in [2.05, 4.69) is 14.8 Å². The first-order chi connectivity index (χ1) is 11.2. The first kappa shape index (κ1) is 16.1. The molecule has 0 saturated carbocycles. The van der Waals surface area contributed by atoms with Gasteiger partial charge in [-0.2, -0.15) is 5.10 Å². The van der Waals surface area contributed by atoms with Crippen molar-refractivity contribution in [1.29, 1.82) is 0 Å². The van der Waals surface area contributed by atoms with Crippen molar-refractivity contribution in [3.63, 3.8) is 0 Å². The van der Waals surface area contributed by atoms with Crippen LogP contribution in [0.2, 0.25) is 5.15 Å². The van der Waals surface area contributed by atoms with Gasteiger partial charge in [0.05, 0.1) is 11.9 Å². The van der Waals surface area contributed by atoms with Crippen LogP contribution in [-0.4, -0.2) is 32.0 Å². The number of hydrogen-bond acceptors (Lipinski definition) is 4. The molecule has 0 unspecified atom stereocenters. The number of ether oxygens (including phenoxy) is 1. The molecule has 10 heteroatoms. The minimum Gasteiger partial charge on any atom is -0.476 e. The zero-order chi connectivity index (χ0) is 17.5. The fourth-order valence-electron chi connectivity index (χ4n) is 2.03. The normalized spacial score (nSPS) is 11.7. The number of fused-ring (bicyclic) bond motifs is 1. The number of aromatic carboxylic acids is 1. The highest BCUT2D eigenvalue weighted by molar-refractivity contribution is 6.32. The zero-order valence-corrected chi connectivity index (χ0v) is 12.3. The second-order valence-electron chi connectivity index (χ2n) is 4.65. The summed E-state index contributed by atoms with van der Waals surface area (Å²) in [6, 6.07) is 6.27. The van der Waals surface area contributed by atoms with Crippen LogP contribution in [0.25, 0.3) is 16.8 Å². The Hall–Kier alpha value is -2.81. The lowest BCUT2D eigenvalue weighted by Crippen LogP contribution is -2.16. The first-order valence-corrected chi connectivity index (χ1v) is 6.76. The topological polar surface area (TPSA) is 76.7 Å². The maximum absolute atomic E-state index is 12.1. The standard InChI is InChI=1S/C14H7ClF3N3O3/c15-12-11-5-9(13(22)23)20-21(11)6-10(19-12)7-1-3-8(4-2-7)24-14(16,17)18/h1-6H,(H,22,23). The van der Waals surface area contributed by atoms with Gasteiger partial charge in [0.25, 0.3) is 0 Å². The average Bonchev–Trinajstić information content (AvgIpc) is 2.91. The number of benzene rings is 1. The molecule has 24 heavy (non-hydrogen) atoms. The number of alkyl halides is 3. The van der Waals surface area contributed by atoms with Crippen LogP contribution in [0.4, 0.5) is 13.2 Å². The van der Waals surface area contributed by atoms with Gasteiger partial charge in [-0.15, -0.1) is 13.2 Å². The molecule has 124 valence electrons. The average molecular weight is 358 g/mol. The lowest BCUT2D eigenvalue weighted by molar-refractivity contribution is -0.274. The Morgan fingerprint density at radius 2 is 1.92 bits per heavy atom. The number of aromatic nitrogens is 3. The molecule has 1 aromatic carbocycles. The Kier molecular flexibility index (Phi) is 3.80. The van der Waals surface area contributed by atoms with Crippen molar-refractivity contribution in [2.24, 2.45) is 0 Å². The van der Waals surface area contributed by atoms with Crippen molar-refractivity contribution in [1.82, 2.24) is 14.6 Å². The summed E-state index contributed by atoms with van der Waals surface area (Å²) in [6.07, 6.45) is -3.35. The largest absolute Gasteiger partial charge is 0.573 e. The molecule has 0 spiro atoms. The fourth-order valence-corrected chi connectivity index (χ4v) is 2.26. The third-order valence-corrected chi connectivity index (χ3v) is 3.29.